The number of anilines is 3. The topological polar surface area (TPSA) is 3.24 Å². The zero-order chi connectivity index (χ0) is 44.6. The molecule has 0 spiro atoms. The number of hydrogen-bond donors (Lipinski definition) is 0. The molecule has 0 bridgehead atoms. The number of hydrogen-bond acceptors (Lipinski definition) is 1. The maximum Gasteiger partial charge on any atom is 0.0714 e. The molecule has 318 valence electrons. The van der Waals surface area contributed by atoms with Crippen molar-refractivity contribution in [1.82, 2.24) is 0 Å². The van der Waals surface area contributed by atoms with Gasteiger partial charge in [-0.2, -0.15) is 0 Å². The molecule has 10 aromatic carbocycles. The minimum atomic E-state index is -0.562. The van der Waals surface area contributed by atoms with Gasteiger partial charge in [-0.15, -0.1) is 0 Å². The van der Waals surface area contributed by atoms with Crippen LogP contribution in [0.3, 0.4) is 0 Å². The molecule has 2 aliphatic carbocycles. The molecule has 1 heteroatoms. The molecular formula is C65H53N. The molecule has 0 saturated heterocycles. The highest BCUT2D eigenvalue weighted by Crippen LogP contribution is 2.60. The second-order valence-electron chi connectivity index (χ2n) is 19.9. The van der Waals surface area contributed by atoms with Gasteiger partial charge in [-0.3, -0.25) is 0 Å². The third kappa shape index (κ3) is 6.13. The van der Waals surface area contributed by atoms with E-state index in [9.17, 15) is 0 Å². The Morgan fingerprint density at radius 2 is 0.909 bits per heavy atom. The van der Waals surface area contributed by atoms with Gasteiger partial charge in [0.1, 0.15) is 0 Å². The van der Waals surface area contributed by atoms with Gasteiger partial charge < -0.3 is 4.90 Å². The summed E-state index contributed by atoms with van der Waals surface area (Å²) in [5.74, 6) is 0. The molecule has 0 atom stereocenters. The number of rotatable bonds is 7. The van der Waals surface area contributed by atoms with Crippen molar-refractivity contribution in [2.75, 3.05) is 4.90 Å². The molecule has 0 aromatic heterocycles. The highest BCUT2D eigenvalue weighted by molar-refractivity contribution is 6.14. The average Bonchev–Trinajstić information content (AvgIpc) is 3.66. The van der Waals surface area contributed by atoms with Crippen LogP contribution in [0.5, 0.6) is 0 Å². The third-order valence-corrected chi connectivity index (χ3v) is 15.1. The first-order chi connectivity index (χ1) is 32.2. The average molecular weight is 848 g/mol. The summed E-state index contributed by atoms with van der Waals surface area (Å²) in [4.78, 5) is 2.55. The number of para-hydroxylation sites is 1. The van der Waals surface area contributed by atoms with E-state index in [1.165, 1.54) is 88.3 Å². The predicted molar refractivity (Wildman–Crippen MR) is 280 cm³/mol. The van der Waals surface area contributed by atoms with Crippen molar-refractivity contribution in [3.8, 4) is 33.4 Å². The van der Waals surface area contributed by atoms with Gasteiger partial charge in [-0.25, -0.2) is 0 Å². The summed E-state index contributed by atoms with van der Waals surface area (Å²) in [6.45, 7) is 9.82. The van der Waals surface area contributed by atoms with Crippen LogP contribution in [-0.4, -0.2) is 0 Å². The molecule has 0 amide bonds. The van der Waals surface area contributed by atoms with Crippen molar-refractivity contribution in [3.63, 3.8) is 0 Å². The number of fused-ring (bicyclic) bond motifs is 7. The van der Waals surface area contributed by atoms with Gasteiger partial charge in [-0.1, -0.05) is 210 Å². The third-order valence-electron chi connectivity index (χ3n) is 15.1. The highest BCUT2D eigenvalue weighted by Gasteiger charge is 2.47. The van der Waals surface area contributed by atoms with Gasteiger partial charge >= 0.3 is 0 Å². The van der Waals surface area contributed by atoms with Crippen molar-refractivity contribution < 1.29 is 0 Å². The summed E-state index contributed by atoms with van der Waals surface area (Å²) >= 11 is 0. The van der Waals surface area contributed by atoms with E-state index in [2.05, 4.69) is 257 Å². The Morgan fingerprint density at radius 1 is 0.348 bits per heavy atom. The molecule has 0 fully saturated rings. The smallest absolute Gasteiger partial charge is 0.0714 e. The quantitative estimate of drug-likeness (QED) is 0.144. The molecule has 0 heterocycles. The zero-order valence-electron chi connectivity index (χ0n) is 38.2. The lowest BCUT2D eigenvalue weighted by Crippen LogP contribution is -2.34. The maximum absolute atomic E-state index is 2.58. The van der Waals surface area contributed by atoms with Crippen LogP contribution in [-0.2, 0) is 16.2 Å². The van der Waals surface area contributed by atoms with Crippen molar-refractivity contribution >= 4 is 38.6 Å². The van der Waals surface area contributed by atoms with Crippen LogP contribution in [0, 0.1) is 0 Å². The second kappa shape index (κ2) is 15.3. The van der Waals surface area contributed by atoms with E-state index >= 15 is 0 Å². The molecule has 2 aliphatic rings. The van der Waals surface area contributed by atoms with E-state index in [0.717, 1.165) is 29.9 Å². The summed E-state index contributed by atoms with van der Waals surface area (Å²) in [6.07, 6.45) is 2.28. The fraction of sp³-hybridized carbons (Fsp3) is 0.138. The van der Waals surface area contributed by atoms with Crippen LogP contribution in [0.1, 0.15) is 73.9 Å². The van der Waals surface area contributed by atoms with Crippen LogP contribution in [0.2, 0.25) is 0 Å². The first-order valence-electron chi connectivity index (χ1n) is 23.6. The molecule has 66 heavy (non-hydrogen) atoms. The van der Waals surface area contributed by atoms with E-state index in [4.69, 9.17) is 0 Å². The Balaban J connectivity index is 1.21. The Labute approximate surface area is 389 Å². The molecule has 1 nitrogen and oxygen atoms in total. The monoisotopic (exact) mass is 847 g/mol. The highest BCUT2D eigenvalue weighted by atomic mass is 15.1. The second-order valence-corrected chi connectivity index (χ2v) is 19.9. The van der Waals surface area contributed by atoms with Crippen molar-refractivity contribution in [2.45, 2.75) is 56.8 Å². The zero-order valence-corrected chi connectivity index (χ0v) is 38.2. The lowest BCUT2D eigenvalue weighted by Gasteiger charge is -2.43. The Hall–Kier alpha value is -7.48. The van der Waals surface area contributed by atoms with Crippen LogP contribution in [0.4, 0.5) is 17.1 Å². The maximum atomic E-state index is 2.58. The SMILES string of the molecule is CC1(C)CCC(C)(C)c2c(-c3cc4c(cc3N(c3ccccc3)c3cccc(-c5cc6ccccc6c6ccccc56)c3)C(c3ccccc3)(c3ccccc3)c3ccccc3-4)cccc21. The van der Waals surface area contributed by atoms with Gasteiger partial charge in [0, 0.05) is 16.9 Å². The van der Waals surface area contributed by atoms with Crippen LogP contribution in [0.25, 0.3) is 54.9 Å². The standard InChI is InChI=1S/C65H53N/c1-63(2)38-39-64(3,4)62-54(35-21-37-59(62)63)57-42-56-53-34-18-19-36-58(53)65(46-24-8-5-9-25-46,47-26-10-6-11-27-47)60(56)43-61(57)66(48-28-12-7-13-29-48)49-30-20-23-44(40-49)55-41-45-22-14-15-31-50(45)51-32-16-17-33-52(51)55/h5-37,40-43H,38-39H2,1-4H3. The van der Waals surface area contributed by atoms with Crippen molar-refractivity contribution in [3.05, 3.63) is 258 Å². The first-order valence-corrected chi connectivity index (χ1v) is 23.6. The lowest BCUT2D eigenvalue weighted by molar-refractivity contribution is 0.333. The van der Waals surface area contributed by atoms with E-state index < -0.39 is 5.41 Å². The fourth-order valence-electron chi connectivity index (χ4n) is 11.9. The van der Waals surface area contributed by atoms with Gasteiger partial charge in [0.2, 0.25) is 0 Å². The van der Waals surface area contributed by atoms with Crippen molar-refractivity contribution in [2.24, 2.45) is 0 Å². The molecule has 0 saturated carbocycles. The minimum Gasteiger partial charge on any atom is -0.310 e. The van der Waals surface area contributed by atoms with Crippen molar-refractivity contribution in [1.29, 1.82) is 0 Å². The predicted octanol–water partition coefficient (Wildman–Crippen LogP) is 17.5. The van der Waals surface area contributed by atoms with Gasteiger partial charge in [-0.05, 0) is 149 Å². The normalized spacial score (nSPS) is 15.2. The van der Waals surface area contributed by atoms with Crippen LogP contribution < -0.4 is 4.90 Å². The lowest BCUT2D eigenvalue weighted by atomic mass is 9.61. The van der Waals surface area contributed by atoms with E-state index in [1.54, 1.807) is 0 Å². The Kier molecular flexibility index (Phi) is 9.30. The Bertz CT molecular complexity index is 3430. The molecule has 0 N–H and O–H groups in total. The van der Waals surface area contributed by atoms with Crippen LogP contribution >= 0.6 is 0 Å². The van der Waals surface area contributed by atoms with Crippen LogP contribution in [0.15, 0.2) is 224 Å². The molecule has 12 rings (SSSR count). The van der Waals surface area contributed by atoms with E-state index in [-0.39, 0.29) is 10.8 Å². The largest absolute Gasteiger partial charge is 0.310 e. The van der Waals surface area contributed by atoms with Gasteiger partial charge in [0.25, 0.3) is 0 Å². The first kappa shape index (κ1) is 40.1. The summed E-state index contributed by atoms with van der Waals surface area (Å²) in [7, 11) is 0. The summed E-state index contributed by atoms with van der Waals surface area (Å²) in [5.41, 5.74) is 18.5. The molecule has 0 radical (unpaired) electrons. The summed E-state index contributed by atoms with van der Waals surface area (Å²) < 4.78 is 0. The number of benzene rings is 10. The molecule has 0 unspecified atom stereocenters. The molecule has 10 aromatic rings. The number of nitrogens with zero attached hydrogens (tertiary/aromatic N) is 1. The van der Waals surface area contributed by atoms with E-state index in [1.807, 2.05) is 0 Å². The van der Waals surface area contributed by atoms with Gasteiger partial charge in [0.15, 0.2) is 0 Å². The summed E-state index contributed by atoms with van der Waals surface area (Å²) in [6, 6.07) is 84.3. The fourth-order valence-corrected chi connectivity index (χ4v) is 11.9. The Morgan fingerprint density at radius 3 is 1.65 bits per heavy atom. The minimum absolute atomic E-state index is 0.0257. The van der Waals surface area contributed by atoms with E-state index in [0.29, 0.717) is 0 Å². The molecule has 0 aliphatic heterocycles. The molecular weight excluding hydrogens is 795 g/mol. The summed E-state index contributed by atoms with van der Waals surface area (Å²) in [5, 5.41) is 5.05. The van der Waals surface area contributed by atoms with Gasteiger partial charge in [0.05, 0.1) is 11.1 Å².